The number of benzene rings is 1. The summed E-state index contributed by atoms with van der Waals surface area (Å²) in [5.41, 5.74) is 2.29. The highest BCUT2D eigenvalue weighted by molar-refractivity contribution is 5.74. The molecule has 1 aromatic carbocycles. The number of amides is 2. The van der Waals surface area contributed by atoms with Gasteiger partial charge in [0.15, 0.2) is 12.4 Å². The van der Waals surface area contributed by atoms with Crippen LogP contribution in [0.2, 0.25) is 0 Å². The van der Waals surface area contributed by atoms with Gasteiger partial charge in [-0.05, 0) is 50.5 Å². The van der Waals surface area contributed by atoms with Crippen molar-refractivity contribution < 1.29 is 14.1 Å². The van der Waals surface area contributed by atoms with Crippen LogP contribution in [0.1, 0.15) is 43.1 Å². The fraction of sp³-hybridized carbons (Fsp3) is 0.526. The molecule has 0 aliphatic carbocycles. The normalized spacial score (nSPS) is 11.9. The molecule has 7 nitrogen and oxygen atoms in total. The number of carbonyl (C=O) groups is 1. The molecule has 1 heterocycles. The van der Waals surface area contributed by atoms with Crippen LogP contribution in [0.25, 0.3) is 0 Å². The number of aromatic nitrogens is 2. The molecule has 142 valence electrons. The zero-order valence-corrected chi connectivity index (χ0v) is 16.2. The van der Waals surface area contributed by atoms with Gasteiger partial charge in [0.25, 0.3) is 5.89 Å². The van der Waals surface area contributed by atoms with Crippen LogP contribution in [0.15, 0.2) is 22.7 Å². The van der Waals surface area contributed by atoms with Crippen LogP contribution in [-0.2, 0) is 13.0 Å². The van der Waals surface area contributed by atoms with Gasteiger partial charge in [-0.2, -0.15) is 4.98 Å². The first kappa shape index (κ1) is 19.8. The molecule has 1 unspecified atom stereocenters. The first-order valence-corrected chi connectivity index (χ1v) is 8.91. The lowest BCUT2D eigenvalue weighted by atomic mass is 10.1. The lowest BCUT2D eigenvalue weighted by molar-refractivity contribution is 0.205. The molecule has 1 aromatic heterocycles. The lowest BCUT2D eigenvalue weighted by Gasteiger charge is -2.20. The monoisotopic (exact) mass is 360 g/mol. The molecule has 7 heteroatoms. The average molecular weight is 360 g/mol. The quantitative estimate of drug-likeness (QED) is 0.781. The maximum atomic E-state index is 12.0. The van der Waals surface area contributed by atoms with Gasteiger partial charge in [0.2, 0.25) is 0 Å². The Balaban J connectivity index is 1.81. The zero-order valence-electron chi connectivity index (χ0n) is 16.2. The van der Waals surface area contributed by atoms with Crippen LogP contribution >= 0.6 is 0 Å². The lowest BCUT2D eigenvalue weighted by Crippen LogP contribution is -2.42. The predicted molar refractivity (Wildman–Crippen MR) is 99.2 cm³/mol. The molecule has 2 aromatic rings. The number of aryl methyl sites for hydroxylation is 2. The van der Waals surface area contributed by atoms with E-state index in [-0.39, 0.29) is 18.7 Å². The number of ether oxygens (including phenoxy) is 1. The van der Waals surface area contributed by atoms with Gasteiger partial charge in [-0.15, -0.1) is 0 Å². The van der Waals surface area contributed by atoms with E-state index in [1.165, 1.54) is 0 Å². The van der Waals surface area contributed by atoms with E-state index in [9.17, 15) is 4.79 Å². The Morgan fingerprint density at radius 2 is 2.00 bits per heavy atom. The van der Waals surface area contributed by atoms with Gasteiger partial charge in [-0.25, -0.2) is 4.79 Å². The summed E-state index contributed by atoms with van der Waals surface area (Å²) in [5, 5.41) is 6.87. The van der Waals surface area contributed by atoms with Crippen LogP contribution in [0.3, 0.4) is 0 Å². The minimum atomic E-state index is -0.0961. The summed E-state index contributed by atoms with van der Waals surface area (Å²) in [6, 6.07) is 6.08. The third kappa shape index (κ3) is 6.06. The van der Waals surface area contributed by atoms with E-state index in [2.05, 4.69) is 21.5 Å². The summed E-state index contributed by atoms with van der Waals surface area (Å²) in [6.07, 6.45) is 1.42. The molecule has 2 amide bonds. The van der Waals surface area contributed by atoms with Crippen molar-refractivity contribution in [2.24, 2.45) is 0 Å². The van der Waals surface area contributed by atoms with E-state index < -0.39 is 0 Å². The fourth-order valence-corrected chi connectivity index (χ4v) is 2.40. The second-order valence-corrected chi connectivity index (χ2v) is 6.65. The van der Waals surface area contributed by atoms with E-state index in [1.54, 1.807) is 11.9 Å². The number of rotatable bonds is 8. The number of likely N-dealkylation sites (N-methyl/N-ethyl adjacent to an activating group) is 1. The van der Waals surface area contributed by atoms with Crippen molar-refractivity contribution in [3.8, 4) is 5.75 Å². The van der Waals surface area contributed by atoms with Gasteiger partial charge in [-0.1, -0.05) is 18.1 Å². The first-order valence-electron chi connectivity index (χ1n) is 8.91. The highest BCUT2D eigenvalue weighted by atomic mass is 16.5. The van der Waals surface area contributed by atoms with E-state index in [0.717, 1.165) is 23.3 Å². The Kier molecular flexibility index (Phi) is 7.00. The molecule has 2 rings (SSSR count). The molecule has 0 saturated heterocycles. The zero-order chi connectivity index (χ0) is 19.1. The van der Waals surface area contributed by atoms with Crippen LogP contribution < -0.4 is 10.1 Å². The summed E-state index contributed by atoms with van der Waals surface area (Å²) in [6.45, 7) is 8.80. The van der Waals surface area contributed by atoms with Crippen molar-refractivity contribution in [1.29, 1.82) is 0 Å². The second-order valence-electron chi connectivity index (χ2n) is 6.65. The summed E-state index contributed by atoms with van der Waals surface area (Å²) in [5.74, 6) is 1.77. The standard InChI is InChI=1S/C19H28N4O3/c1-6-15(4)20-19(24)23(5)8-7-17-21-18(26-22-17)12-25-16-10-13(2)9-14(3)11-16/h9-11,15H,6-8,12H2,1-5H3,(H,20,24). The predicted octanol–water partition coefficient (Wildman–Crippen LogP) is 3.25. The maximum absolute atomic E-state index is 12.0. The average Bonchev–Trinajstić information content (AvgIpc) is 3.04. The van der Waals surface area contributed by atoms with Gasteiger partial charge >= 0.3 is 6.03 Å². The van der Waals surface area contributed by atoms with Crippen LogP contribution in [0, 0.1) is 13.8 Å². The molecule has 1 atom stereocenters. The Hall–Kier alpha value is -2.57. The van der Waals surface area contributed by atoms with Gasteiger partial charge in [0.05, 0.1) is 0 Å². The summed E-state index contributed by atoms with van der Waals surface area (Å²) in [4.78, 5) is 17.9. The number of carbonyl (C=O) groups excluding carboxylic acids is 1. The number of nitrogens with one attached hydrogen (secondary N) is 1. The van der Waals surface area contributed by atoms with E-state index in [4.69, 9.17) is 9.26 Å². The highest BCUT2D eigenvalue weighted by Crippen LogP contribution is 2.17. The number of nitrogens with zero attached hydrogens (tertiary/aromatic N) is 3. The summed E-state index contributed by atoms with van der Waals surface area (Å²) < 4.78 is 10.9. The van der Waals surface area contributed by atoms with Crippen LogP contribution in [0.5, 0.6) is 5.75 Å². The molecule has 26 heavy (non-hydrogen) atoms. The van der Waals surface area contributed by atoms with Crippen LogP contribution in [-0.4, -0.2) is 40.7 Å². The molecular weight excluding hydrogens is 332 g/mol. The maximum Gasteiger partial charge on any atom is 0.317 e. The van der Waals surface area contributed by atoms with Gasteiger partial charge < -0.3 is 19.5 Å². The Bertz CT molecular complexity index is 709. The Morgan fingerprint density at radius 3 is 2.65 bits per heavy atom. The van der Waals surface area contributed by atoms with Crippen molar-refractivity contribution in [3.63, 3.8) is 0 Å². The highest BCUT2D eigenvalue weighted by Gasteiger charge is 2.13. The number of urea groups is 1. The third-order valence-electron chi connectivity index (χ3n) is 4.07. The molecule has 0 aliphatic rings. The van der Waals surface area contributed by atoms with Crippen molar-refractivity contribution in [2.45, 2.75) is 53.2 Å². The number of hydrogen-bond acceptors (Lipinski definition) is 5. The van der Waals surface area contributed by atoms with Crippen molar-refractivity contribution >= 4 is 6.03 Å². The molecule has 0 fully saturated rings. The van der Waals surface area contributed by atoms with Gasteiger partial charge in [0.1, 0.15) is 5.75 Å². The molecule has 0 aliphatic heterocycles. The van der Waals surface area contributed by atoms with Gasteiger partial charge in [-0.3, -0.25) is 0 Å². The minimum absolute atomic E-state index is 0.0961. The second kappa shape index (κ2) is 9.22. The molecular formula is C19H28N4O3. The SMILES string of the molecule is CCC(C)NC(=O)N(C)CCc1noc(COc2cc(C)cc(C)c2)n1. The first-order chi connectivity index (χ1) is 12.4. The molecule has 0 radical (unpaired) electrons. The summed E-state index contributed by atoms with van der Waals surface area (Å²) in [7, 11) is 1.75. The smallest absolute Gasteiger partial charge is 0.317 e. The summed E-state index contributed by atoms with van der Waals surface area (Å²) >= 11 is 0. The third-order valence-corrected chi connectivity index (χ3v) is 4.07. The minimum Gasteiger partial charge on any atom is -0.484 e. The topological polar surface area (TPSA) is 80.5 Å². The molecule has 0 spiro atoms. The van der Waals surface area contributed by atoms with E-state index >= 15 is 0 Å². The molecule has 1 N–H and O–H groups in total. The van der Waals surface area contributed by atoms with E-state index in [1.807, 2.05) is 39.8 Å². The van der Waals surface area contributed by atoms with Crippen LogP contribution in [0.4, 0.5) is 4.79 Å². The molecule has 0 saturated carbocycles. The Labute approximate surface area is 154 Å². The largest absolute Gasteiger partial charge is 0.484 e. The Morgan fingerprint density at radius 1 is 1.31 bits per heavy atom. The number of hydrogen-bond donors (Lipinski definition) is 1. The van der Waals surface area contributed by atoms with Crippen molar-refractivity contribution in [2.75, 3.05) is 13.6 Å². The van der Waals surface area contributed by atoms with E-state index in [0.29, 0.717) is 24.7 Å². The van der Waals surface area contributed by atoms with Crippen molar-refractivity contribution in [1.82, 2.24) is 20.4 Å². The van der Waals surface area contributed by atoms with Gasteiger partial charge in [0, 0.05) is 26.1 Å². The molecule has 0 bridgehead atoms. The fourth-order valence-electron chi connectivity index (χ4n) is 2.40. The van der Waals surface area contributed by atoms with Crippen molar-refractivity contribution in [3.05, 3.63) is 41.0 Å².